The van der Waals surface area contributed by atoms with E-state index in [2.05, 4.69) is 81.2 Å². The summed E-state index contributed by atoms with van der Waals surface area (Å²) in [5, 5.41) is 2.09. The molecular formula is C9H4Br4S2. The highest BCUT2D eigenvalue weighted by atomic mass is 79.9. The minimum Gasteiger partial charge on any atom is -0.146 e. The van der Waals surface area contributed by atoms with Crippen molar-refractivity contribution in [2.24, 2.45) is 0 Å². The second-order valence-electron chi connectivity index (χ2n) is 2.77. The van der Waals surface area contributed by atoms with Gasteiger partial charge in [0.1, 0.15) is 0 Å². The highest BCUT2D eigenvalue weighted by Crippen LogP contribution is 2.44. The monoisotopic (exact) mass is 492 g/mol. The van der Waals surface area contributed by atoms with Crippen LogP contribution in [-0.4, -0.2) is 0 Å². The molecule has 0 aliphatic rings. The van der Waals surface area contributed by atoms with Crippen molar-refractivity contribution in [2.45, 2.75) is 4.83 Å². The van der Waals surface area contributed by atoms with Crippen LogP contribution in [0.15, 0.2) is 30.2 Å². The standard InChI is InChI=1S/C9H4Br4S2/c10-4-1-2-14-8(4)7(12)6-3-5(11)9(13)15-6/h1-3,7H. The van der Waals surface area contributed by atoms with Gasteiger partial charge in [0.2, 0.25) is 0 Å². The van der Waals surface area contributed by atoms with Crippen LogP contribution in [0.25, 0.3) is 0 Å². The van der Waals surface area contributed by atoms with Crippen LogP contribution in [-0.2, 0) is 0 Å². The van der Waals surface area contributed by atoms with Gasteiger partial charge in [0, 0.05) is 18.7 Å². The van der Waals surface area contributed by atoms with Gasteiger partial charge < -0.3 is 0 Å². The lowest BCUT2D eigenvalue weighted by atomic mass is 10.3. The minimum atomic E-state index is 0.263. The molecule has 2 aromatic rings. The van der Waals surface area contributed by atoms with Crippen LogP contribution < -0.4 is 0 Å². The zero-order valence-electron chi connectivity index (χ0n) is 7.14. The van der Waals surface area contributed by atoms with Crippen molar-refractivity contribution >= 4 is 86.4 Å². The van der Waals surface area contributed by atoms with Gasteiger partial charge in [-0.2, -0.15) is 0 Å². The first-order valence-electron chi connectivity index (χ1n) is 3.91. The summed E-state index contributed by atoms with van der Waals surface area (Å²) < 4.78 is 3.41. The van der Waals surface area contributed by atoms with Crippen LogP contribution in [0.3, 0.4) is 0 Å². The summed E-state index contributed by atoms with van der Waals surface area (Å²) in [4.78, 5) is 2.85. The smallest absolute Gasteiger partial charge is 0.0843 e. The van der Waals surface area contributed by atoms with E-state index in [1.807, 2.05) is 0 Å². The summed E-state index contributed by atoms with van der Waals surface area (Å²) >= 11 is 17.8. The predicted octanol–water partition coefficient (Wildman–Crippen LogP) is 6.58. The maximum atomic E-state index is 3.72. The summed E-state index contributed by atoms with van der Waals surface area (Å²) in [5.74, 6) is 0. The maximum absolute atomic E-state index is 3.72. The molecule has 0 amide bonds. The first-order valence-corrected chi connectivity index (χ1v) is 8.90. The fraction of sp³-hybridized carbons (Fsp3) is 0.111. The number of alkyl halides is 1. The summed E-state index contributed by atoms with van der Waals surface area (Å²) in [5.41, 5.74) is 0. The molecule has 0 N–H and O–H groups in total. The third kappa shape index (κ3) is 2.77. The Morgan fingerprint density at radius 2 is 1.87 bits per heavy atom. The predicted molar refractivity (Wildman–Crippen MR) is 82.5 cm³/mol. The molecule has 0 spiro atoms. The molecule has 2 rings (SSSR count). The minimum absolute atomic E-state index is 0.263. The molecule has 0 saturated carbocycles. The summed E-state index contributed by atoms with van der Waals surface area (Å²) in [6.07, 6.45) is 0. The Morgan fingerprint density at radius 1 is 1.13 bits per heavy atom. The Balaban J connectivity index is 2.36. The molecule has 0 aliphatic heterocycles. The Labute approximate surface area is 130 Å². The van der Waals surface area contributed by atoms with E-state index in [9.17, 15) is 0 Å². The van der Waals surface area contributed by atoms with Crippen LogP contribution >= 0.6 is 86.4 Å². The molecule has 2 heterocycles. The van der Waals surface area contributed by atoms with Crippen LogP contribution in [0.2, 0.25) is 0 Å². The molecule has 0 aliphatic carbocycles. The quantitative estimate of drug-likeness (QED) is 0.413. The molecule has 1 atom stereocenters. The van der Waals surface area contributed by atoms with Gasteiger partial charge in [0.15, 0.2) is 0 Å². The topological polar surface area (TPSA) is 0 Å². The average molecular weight is 496 g/mol. The van der Waals surface area contributed by atoms with Gasteiger partial charge in [-0.3, -0.25) is 0 Å². The second kappa shape index (κ2) is 5.31. The number of thiophene rings is 2. The average Bonchev–Trinajstić information content (AvgIpc) is 2.74. The van der Waals surface area contributed by atoms with E-state index in [-0.39, 0.29) is 4.83 Å². The number of hydrogen-bond donors (Lipinski definition) is 0. The third-order valence-electron chi connectivity index (χ3n) is 1.79. The lowest BCUT2D eigenvalue weighted by molar-refractivity contribution is 1.27. The van der Waals surface area contributed by atoms with E-state index in [0.717, 1.165) is 12.7 Å². The van der Waals surface area contributed by atoms with Gasteiger partial charge in [-0.25, -0.2) is 0 Å². The van der Waals surface area contributed by atoms with E-state index in [1.54, 1.807) is 22.7 Å². The van der Waals surface area contributed by atoms with E-state index < -0.39 is 0 Å². The SMILES string of the molecule is Brc1cc(C(Br)c2sccc2Br)sc1Br. The molecule has 0 nitrogen and oxygen atoms in total. The van der Waals surface area contributed by atoms with Gasteiger partial charge in [0.25, 0.3) is 0 Å². The summed E-state index contributed by atoms with van der Waals surface area (Å²) in [6, 6.07) is 4.21. The van der Waals surface area contributed by atoms with Crippen molar-refractivity contribution in [3.8, 4) is 0 Å². The van der Waals surface area contributed by atoms with Crippen molar-refractivity contribution < 1.29 is 0 Å². The van der Waals surface area contributed by atoms with Crippen LogP contribution in [0.4, 0.5) is 0 Å². The fourth-order valence-corrected chi connectivity index (χ4v) is 6.14. The molecule has 80 valence electrons. The highest BCUT2D eigenvalue weighted by molar-refractivity contribution is 9.13. The van der Waals surface area contributed by atoms with E-state index in [4.69, 9.17) is 0 Å². The highest BCUT2D eigenvalue weighted by Gasteiger charge is 2.18. The Bertz CT molecular complexity index is 455. The normalized spacial score (nSPS) is 13.1. The fourth-order valence-electron chi connectivity index (χ4n) is 1.10. The maximum Gasteiger partial charge on any atom is 0.0843 e. The van der Waals surface area contributed by atoms with E-state index in [1.165, 1.54) is 9.75 Å². The van der Waals surface area contributed by atoms with Crippen molar-refractivity contribution in [1.82, 2.24) is 0 Å². The third-order valence-corrected chi connectivity index (χ3v) is 8.60. The Kier molecular flexibility index (Phi) is 4.52. The first-order chi connectivity index (χ1) is 7.09. The van der Waals surface area contributed by atoms with E-state index >= 15 is 0 Å². The second-order valence-corrected chi connectivity index (χ2v) is 8.74. The van der Waals surface area contributed by atoms with Crippen LogP contribution in [0.1, 0.15) is 14.6 Å². The Hall–Kier alpha value is 1.32. The molecule has 0 fully saturated rings. The van der Waals surface area contributed by atoms with Crippen LogP contribution in [0.5, 0.6) is 0 Å². The molecule has 0 radical (unpaired) electrons. The molecule has 2 aromatic heterocycles. The van der Waals surface area contributed by atoms with Crippen molar-refractivity contribution in [1.29, 1.82) is 0 Å². The largest absolute Gasteiger partial charge is 0.146 e. The molecule has 0 saturated heterocycles. The molecule has 0 bridgehead atoms. The van der Waals surface area contributed by atoms with Gasteiger partial charge in [-0.1, -0.05) is 15.9 Å². The van der Waals surface area contributed by atoms with Crippen molar-refractivity contribution in [3.63, 3.8) is 0 Å². The first kappa shape index (κ1) is 12.8. The molecule has 15 heavy (non-hydrogen) atoms. The molecule has 1 unspecified atom stereocenters. The van der Waals surface area contributed by atoms with Gasteiger partial charge in [-0.15, -0.1) is 22.7 Å². The number of rotatable bonds is 2. The van der Waals surface area contributed by atoms with Gasteiger partial charge in [0.05, 0.1) is 8.61 Å². The lowest BCUT2D eigenvalue weighted by Crippen LogP contribution is -1.85. The summed E-state index contributed by atoms with van der Waals surface area (Å²) in [6.45, 7) is 0. The Morgan fingerprint density at radius 3 is 2.33 bits per heavy atom. The molecule has 6 heteroatoms. The van der Waals surface area contributed by atoms with Crippen LogP contribution in [0, 0.1) is 0 Å². The van der Waals surface area contributed by atoms with E-state index in [0.29, 0.717) is 0 Å². The summed E-state index contributed by atoms with van der Waals surface area (Å²) in [7, 11) is 0. The number of hydrogen-bond acceptors (Lipinski definition) is 2. The zero-order chi connectivity index (χ0) is 11.0. The molecule has 0 aromatic carbocycles. The zero-order valence-corrected chi connectivity index (χ0v) is 15.1. The number of halogens is 4. The molecular weight excluding hydrogens is 492 g/mol. The van der Waals surface area contributed by atoms with Gasteiger partial charge >= 0.3 is 0 Å². The van der Waals surface area contributed by atoms with Crippen molar-refractivity contribution in [3.05, 3.63) is 40.0 Å². The lowest BCUT2D eigenvalue weighted by Gasteiger charge is -2.05. The van der Waals surface area contributed by atoms with Gasteiger partial charge in [-0.05, 0) is 65.3 Å². The van der Waals surface area contributed by atoms with Crippen molar-refractivity contribution in [2.75, 3.05) is 0 Å².